The van der Waals surface area contributed by atoms with Gasteiger partial charge in [-0.05, 0) is 19.9 Å². The van der Waals surface area contributed by atoms with E-state index in [9.17, 15) is 0 Å². The zero-order valence-corrected chi connectivity index (χ0v) is 13.2. The first-order chi connectivity index (χ1) is 10.1. The average Bonchev–Trinajstić information content (AvgIpc) is 2.92. The van der Waals surface area contributed by atoms with Gasteiger partial charge in [-0.15, -0.1) is 11.6 Å². The Morgan fingerprint density at radius 2 is 2.10 bits per heavy atom. The average molecular weight is 325 g/mol. The first-order valence-corrected chi connectivity index (χ1v) is 7.49. The second-order valence-corrected chi connectivity index (χ2v) is 5.61. The van der Waals surface area contributed by atoms with Crippen molar-refractivity contribution in [3.63, 3.8) is 0 Å². The van der Waals surface area contributed by atoms with E-state index in [1.165, 1.54) is 0 Å². The van der Waals surface area contributed by atoms with Gasteiger partial charge in [0.25, 0.3) is 0 Å². The molecule has 3 aromatic rings. The minimum absolute atomic E-state index is 0.478. The molecule has 0 amide bonds. The molecule has 0 saturated carbocycles. The molecular formula is C14H14Cl2N4O. The van der Waals surface area contributed by atoms with Crippen LogP contribution in [0.25, 0.3) is 11.2 Å². The van der Waals surface area contributed by atoms with Crippen molar-refractivity contribution in [2.75, 3.05) is 5.88 Å². The number of pyridine rings is 1. The summed E-state index contributed by atoms with van der Waals surface area (Å²) < 4.78 is 7.62. The fourth-order valence-electron chi connectivity index (χ4n) is 2.22. The Morgan fingerprint density at radius 1 is 1.29 bits per heavy atom. The van der Waals surface area contributed by atoms with Gasteiger partial charge in [0.05, 0.1) is 10.7 Å². The number of aryl methyl sites for hydroxylation is 3. The molecule has 0 spiro atoms. The lowest BCUT2D eigenvalue weighted by molar-refractivity contribution is 0.455. The Kier molecular flexibility index (Phi) is 3.87. The number of aromatic nitrogens is 4. The minimum Gasteiger partial charge on any atom is -0.444 e. The van der Waals surface area contributed by atoms with E-state index in [0.717, 1.165) is 28.4 Å². The summed E-state index contributed by atoms with van der Waals surface area (Å²) in [6.07, 6.45) is 2.26. The fourth-order valence-corrected chi connectivity index (χ4v) is 2.54. The van der Waals surface area contributed by atoms with E-state index in [0.29, 0.717) is 29.8 Å². The van der Waals surface area contributed by atoms with Gasteiger partial charge in [0.1, 0.15) is 23.6 Å². The van der Waals surface area contributed by atoms with Crippen molar-refractivity contribution >= 4 is 34.4 Å². The van der Waals surface area contributed by atoms with Crippen LogP contribution in [0.5, 0.6) is 0 Å². The molecule has 0 N–H and O–H groups in total. The molecule has 3 heterocycles. The van der Waals surface area contributed by atoms with Gasteiger partial charge in [0.2, 0.25) is 5.89 Å². The standard InChI is InChI=1S/C14H14Cl2N4O/c1-8-9(2)21-13(18-8)7-20-12(3-4-15)19-11-5-10(16)6-17-14(11)20/h5-6H,3-4,7H2,1-2H3. The molecule has 0 aliphatic heterocycles. The van der Waals surface area contributed by atoms with Crippen molar-refractivity contribution in [1.29, 1.82) is 0 Å². The van der Waals surface area contributed by atoms with E-state index in [2.05, 4.69) is 15.0 Å². The van der Waals surface area contributed by atoms with E-state index < -0.39 is 0 Å². The minimum atomic E-state index is 0.478. The molecule has 0 radical (unpaired) electrons. The summed E-state index contributed by atoms with van der Waals surface area (Å²) in [6.45, 7) is 4.30. The summed E-state index contributed by atoms with van der Waals surface area (Å²) in [4.78, 5) is 13.3. The maximum absolute atomic E-state index is 5.97. The summed E-state index contributed by atoms with van der Waals surface area (Å²) in [5.41, 5.74) is 2.40. The van der Waals surface area contributed by atoms with Crippen LogP contribution in [0.15, 0.2) is 16.7 Å². The lowest BCUT2D eigenvalue weighted by Gasteiger charge is -2.04. The summed E-state index contributed by atoms with van der Waals surface area (Å²) >= 11 is 11.8. The van der Waals surface area contributed by atoms with Crippen LogP contribution in [0.4, 0.5) is 0 Å². The van der Waals surface area contributed by atoms with Crippen LogP contribution in [0.3, 0.4) is 0 Å². The number of hydrogen-bond acceptors (Lipinski definition) is 4. The molecule has 3 aromatic heterocycles. The summed E-state index contributed by atoms with van der Waals surface area (Å²) in [5.74, 6) is 2.80. The van der Waals surface area contributed by atoms with Crippen LogP contribution < -0.4 is 0 Å². The van der Waals surface area contributed by atoms with E-state index >= 15 is 0 Å². The maximum atomic E-state index is 5.97. The zero-order chi connectivity index (χ0) is 15.0. The fraction of sp³-hybridized carbons (Fsp3) is 0.357. The van der Waals surface area contributed by atoms with Crippen LogP contribution in [-0.4, -0.2) is 25.4 Å². The van der Waals surface area contributed by atoms with Gasteiger partial charge in [0.15, 0.2) is 5.65 Å². The van der Waals surface area contributed by atoms with Crippen LogP contribution in [0, 0.1) is 13.8 Å². The SMILES string of the molecule is Cc1nc(Cn2c(CCCl)nc3cc(Cl)cnc32)oc1C. The summed E-state index contributed by atoms with van der Waals surface area (Å²) in [7, 11) is 0. The van der Waals surface area contributed by atoms with Crippen LogP contribution in [-0.2, 0) is 13.0 Å². The summed E-state index contributed by atoms with van der Waals surface area (Å²) in [6, 6.07) is 1.80. The lowest BCUT2D eigenvalue weighted by atomic mass is 10.4. The highest BCUT2D eigenvalue weighted by atomic mass is 35.5. The van der Waals surface area contributed by atoms with Crippen molar-refractivity contribution in [2.24, 2.45) is 0 Å². The molecule has 0 fully saturated rings. The third kappa shape index (κ3) is 2.76. The molecule has 0 bridgehead atoms. The van der Waals surface area contributed by atoms with E-state index in [4.69, 9.17) is 27.6 Å². The molecule has 0 unspecified atom stereocenters. The number of fused-ring (bicyclic) bond motifs is 1. The first kappa shape index (κ1) is 14.4. The highest BCUT2D eigenvalue weighted by Gasteiger charge is 2.15. The molecule has 110 valence electrons. The van der Waals surface area contributed by atoms with Gasteiger partial charge in [-0.1, -0.05) is 11.6 Å². The van der Waals surface area contributed by atoms with Gasteiger partial charge in [-0.3, -0.25) is 0 Å². The van der Waals surface area contributed by atoms with E-state index in [-0.39, 0.29) is 0 Å². The Balaban J connectivity index is 2.08. The van der Waals surface area contributed by atoms with Crippen LogP contribution in [0.2, 0.25) is 5.02 Å². The van der Waals surface area contributed by atoms with E-state index in [1.807, 2.05) is 18.4 Å². The quantitative estimate of drug-likeness (QED) is 0.689. The zero-order valence-electron chi connectivity index (χ0n) is 11.7. The lowest BCUT2D eigenvalue weighted by Crippen LogP contribution is -2.07. The van der Waals surface area contributed by atoms with Crippen molar-refractivity contribution in [1.82, 2.24) is 19.5 Å². The molecule has 3 rings (SSSR count). The molecule has 5 nitrogen and oxygen atoms in total. The highest BCUT2D eigenvalue weighted by Crippen LogP contribution is 2.20. The number of imidazole rings is 1. The summed E-state index contributed by atoms with van der Waals surface area (Å²) in [5, 5.41) is 0.562. The van der Waals surface area contributed by atoms with Crippen LogP contribution in [0.1, 0.15) is 23.2 Å². The smallest absolute Gasteiger partial charge is 0.214 e. The topological polar surface area (TPSA) is 56.7 Å². The highest BCUT2D eigenvalue weighted by molar-refractivity contribution is 6.31. The molecular weight excluding hydrogens is 311 g/mol. The Bertz CT molecular complexity index is 774. The first-order valence-electron chi connectivity index (χ1n) is 6.58. The van der Waals surface area contributed by atoms with Gasteiger partial charge in [-0.2, -0.15) is 0 Å². The predicted octanol–water partition coefficient (Wildman–Crippen LogP) is 3.52. The second kappa shape index (κ2) is 5.66. The number of rotatable bonds is 4. The Morgan fingerprint density at radius 3 is 2.76 bits per heavy atom. The molecule has 0 atom stereocenters. The Hall–Kier alpha value is -1.59. The van der Waals surface area contributed by atoms with Gasteiger partial charge in [0, 0.05) is 18.5 Å². The monoisotopic (exact) mass is 324 g/mol. The number of hydrogen-bond donors (Lipinski definition) is 0. The van der Waals surface area contributed by atoms with Crippen LogP contribution >= 0.6 is 23.2 Å². The second-order valence-electron chi connectivity index (χ2n) is 4.80. The van der Waals surface area contributed by atoms with Crippen molar-refractivity contribution in [3.8, 4) is 0 Å². The number of nitrogens with zero attached hydrogens (tertiary/aromatic N) is 4. The van der Waals surface area contributed by atoms with E-state index in [1.54, 1.807) is 12.3 Å². The largest absolute Gasteiger partial charge is 0.444 e. The van der Waals surface area contributed by atoms with Gasteiger partial charge in [-0.25, -0.2) is 15.0 Å². The van der Waals surface area contributed by atoms with Crippen molar-refractivity contribution < 1.29 is 4.42 Å². The molecule has 0 aliphatic rings. The predicted molar refractivity (Wildman–Crippen MR) is 82.0 cm³/mol. The van der Waals surface area contributed by atoms with Crippen molar-refractivity contribution in [3.05, 3.63) is 40.5 Å². The Labute approximate surface area is 131 Å². The molecule has 7 heteroatoms. The molecule has 0 aliphatic carbocycles. The number of alkyl halides is 1. The van der Waals surface area contributed by atoms with Crippen molar-refractivity contribution in [2.45, 2.75) is 26.8 Å². The molecule has 0 saturated heterocycles. The molecule has 0 aromatic carbocycles. The maximum Gasteiger partial charge on any atom is 0.214 e. The van der Waals surface area contributed by atoms with Gasteiger partial charge < -0.3 is 8.98 Å². The molecule has 21 heavy (non-hydrogen) atoms. The number of oxazole rings is 1. The normalized spacial score (nSPS) is 11.4. The third-order valence-corrected chi connectivity index (χ3v) is 3.71. The third-order valence-electron chi connectivity index (χ3n) is 3.31. The number of halogens is 2. The van der Waals surface area contributed by atoms with Gasteiger partial charge >= 0.3 is 0 Å².